The lowest BCUT2D eigenvalue weighted by Gasteiger charge is -2.19. The summed E-state index contributed by atoms with van der Waals surface area (Å²) in [5.74, 6) is -0.645. The average molecular weight is 416 g/mol. The topological polar surface area (TPSA) is 60.8 Å². The van der Waals surface area contributed by atoms with Gasteiger partial charge in [0.05, 0.1) is 6.54 Å². The van der Waals surface area contributed by atoms with Gasteiger partial charge in [-0.25, -0.2) is 4.39 Å². The standard InChI is InChI=1S/C19H20Cl2FNO2.CH4O/c1-11(2)18-17(25)5-4-12(19(18)22)8-14-15(20)9-13(10-16(14)21)23(3)6-7-24;1-2/h4-5,7,9-11,25H,6,8H2,1-3H3;2H,1H3. The number of halogens is 3. The number of aromatic hydroxyl groups is 1. The summed E-state index contributed by atoms with van der Waals surface area (Å²) in [5, 5.41) is 17.7. The highest BCUT2D eigenvalue weighted by molar-refractivity contribution is 6.36. The predicted octanol–water partition coefficient (Wildman–Crippen LogP) is 4.80. The summed E-state index contributed by atoms with van der Waals surface area (Å²) in [5.41, 5.74) is 2.01. The van der Waals surface area contributed by atoms with Gasteiger partial charge in [-0.1, -0.05) is 43.1 Å². The van der Waals surface area contributed by atoms with Crippen LogP contribution in [-0.2, 0) is 11.2 Å². The molecule has 0 aliphatic carbocycles. The lowest BCUT2D eigenvalue weighted by Crippen LogP contribution is -2.19. The van der Waals surface area contributed by atoms with Crippen molar-refractivity contribution >= 4 is 35.2 Å². The lowest BCUT2D eigenvalue weighted by molar-refractivity contribution is -0.106. The molecule has 0 amide bonds. The van der Waals surface area contributed by atoms with E-state index in [9.17, 15) is 14.3 Å². The molecule has 7 heteroatoms. The van der Waals surface area contributed by atoms with Crippen LogP contribution >= 0.6 is 23.2 Å². The zero-order valence-corrected chi connectivity index (χ0v) is 17.3. The molecule has 0 radical (unpaired) electrons. The number of anilines is 1. The van der Waals surface area contributed by atoms with E-state index in [0.717, 1.165) is 13.4 Å². The van der Waals surface area contributed by atoms with Crippen molar-refractivity contribution in [3.05, 3.63) is 56.8 Å². The third-order valence-corrected chi connectivity index (χ3v) is 4.77. The van der Waals surface area contributed by atoms with Crippen molar-refractivity contribution < 1.29 is 19.4 Å². The second-order valence-corrected chi connectivity index (χ2v) is 7.05. The lowest BCUT2D eigenvalue weighted by atomic mass is 9.95. The fourth-order valence-corrected chi connectivity index (χ4v) is 3.31. The number of hydrogen-bond donors (Lipinski definition) is 2. The smallest absolute Gasteiger partial charge is 0.139 e. The Morgan fingerprint density at radius 1 is 1.19 bits per heavy atom. The van der Waals surface area contributed by atoms with Crippen molar-refractivity contribution in [2.75, 3.05) is 25.6 Å². The monoisotopic (exact) mass is 415 g/mol. The van der Waals surface area contributed by atoms with E-state index >= 15 is 0 Å². The van der Waals surface area contributed by atoms with Crippen molar-refractivity contribution in [3.8, 4) is 5.75 Å². The second kappa shape index (κ2) is 10.5. The zero-order chi connectivity index (χ0) is 20.7. The Labute approximate surface area is 169 Å². The Morgan fingerprint density at radius 2 is 1.74 bits per heavy atom. The average Bonchev–Trinajstić information content (AvgIpc) is 2.61. The molecule has 0 aromatic heterocycles. The molecule has 0 atom stereocenters. The number of likely N-dealkylation sites (N-methyl/N-ethyl adjacent to an activating group) is 1. The number of aliphatic hydroxyl groups excluding tert-OH is 1. The normalized spacial score (nSPS) is 10.4. The number of hydrogen-bond acceptors (Lipinski definition) is 4. The van der Waals surface area contributed by atoms with Gasteiger partial charge in [0.2, 0.25) is 0 Å². The van der Waals surface area contributed by atoms with Crippen LogP contribution < -0.4 is 4.90 Å². The van der Waals surface area contributed by atoms with Gasteiger partial charge in [-0.3, -0.25) is 0 Å². The first kappa shape index (κ1) is 23.2. The number of aldehydes is 1. The van der Waals surface area contributed by atoms with Crippen LogP contribution in [0.2, 0.25) is 10.0 Å². The minimum Gasteiger partial charge on any atom is -0.508 e. The van der Waals surface area contributed by atoms with Gasteiger partial charge in [0.25, 0.3) is 0 Å². The molecule has 27 heavy (non-hydrogen) atoms. The number of nitrogens with zero attached hydrogens (tertiary/aromatic N) is 1. The number of phenols is 1. The molecule has 0 unspecified atom stereocenters. The Bertz CT molecular complexity index is 774. The quantitative estimate of drug-likeness (QED) is 0.665. The van der Waals surface area contributed by atoms with Gasteiger partial charge in [0.1, 0.15) is 17.9 Å². The zero-order valence-electron chi connectivity index (χ0n) is 15.8. The maximum Gasteiger partial charge on any atom is 0.139 e. The maximum absolute atomic E-state index is 14.7. The minimum absolute atomic E-state index is 0.0562. The number of phenolic OH excluding ortho intramolecular Hbond substituents is 1. The first-order valence-electron chi connectivity index (χ1n) is 8.33. The summed E-state index contributed by atoms with van der Waals surface area (Å²) in [7, 11) is 2.75. The van der Waals surface area contributed by atoms with Crippen molar-refractivity contribution in [2.24, 2.45) is 0 Å². The van der Waals surface area contributed by atoms with E-state index in [0.29, 0.717) is 26.9 Å². The van der Waals surface area contributed by atoms with E-state index in [1.807, 2.05) is 13.8 Å². The fourth-order valence-electron chi connectivity index (χ4n) is 2.70. The highest BCUT2D eigenvalue weighted by Gasteiger charge is 2.18. The molecule has 0 bridgehead atoms. The van der Waals surface area contributed by atoms with Crippen LogP contribution in [0, 0.1) is 5.82 Å². The summed E-state index contributed by atoms with van der Waals surface area (Å²) in [6.07, 6.45) is 0.996. The van der Waals surface area contributed by atoms with Crippen LogP contribution in [0.25, 0.3) is 0 Å². The maximum atomic E-state index is 14.7. The Kier molecular flexibility index (Phi) is 9.03. The first-order chi connectivity index (χ1) is 12.8. The molecular weight excluding hydrogens is 392 g/mol. The molecule has 2 aromatic carbocycles. The summed E-state index contributed by atoms with van der Waals surface area (Å²) >= 11 is 12.7. The first-order valence-corrected chi connectivity index (χ1v) is 9.09. The molecule has 2 aromatic rings. The van der Waals surface area contributed by atoms with E-state index in [1.54, 1.807) is 24.1 Å². The van der Waals surface area contributed by atoms with Crippen molar-refractivity contribution in [3.63, 3.8) is 0 Å². The predicted molar refractivity (Wildman–Crippen MR) is 109 cm³/mol. The van der Waals surface area contributed by atoms with Crippen LogP contribution in [0.4, 0.5) is 10.1 Å². The van der Waals surface area contributed by atoms with Crippen molar-refractivity contribution in [2.45, 2.75) is 26.2 Å². The number of aliphatic hydroxyl groups is 1. The van der Waals surface area contributed by atoms with Crippen LogP contribution in [0.3, 0.4) is 0 Å². The Morgan fingerprint density at radius 3 is 2.22 bits per heavy atom. The number of carbonyl (C=O) groups is 1. The molecule has 0 aliphatic rings. The molecule has 4 nitrogen and oxygen atoms in total. The van der Waals surface area contributed by atoms with E-state index in [2.05, 4.69) is 0 Å². The Hall–Kier alpha value is -1.82. The molecule has 0 spiro atoms. The second-order valence-electron chi connectivity index (χ2n) is 6.24. The van der Waals surface area contributed by atoms with Crippen LogP contribution in [0.5, 0.6) is 5.75 Å². The molecule has 2 rings (SSSR count). The van der Waals surface area contributed by atoms with Gasteiger partial charge in [0.15, 0.2) is 0 Å². The van der Waals surface area contributed by atoms with Gasteiger partial charge in [-0.2, -0.15) is 0 Å². The number of benzene rings is 2. The summed E-state index contributed by atoms with van der Waals surface area (Å²) in [6, 6.07) is 6.43. The van der Waals surface area contributed by atoms with Gasteiger partial charge in [0, 0.05) is 41.9 Å². The highest BCUT2D eigenvalue weighted by Crippen LogP contribution is 2.35. The molecular formula is C20H24Cl2FNO3. The molecule has 0 saturated carbocycles. The third kappa shape index (κ3) is 5.58. The molecule has 0 heterocycles. The van der Waals surface area contributed by atoms with Gasteiger partial charge >= 0.3 is 0 Å². The van der Waals surface area contributed by atoms with Gasteiger partial charge < -0.3 is 19.9 Å². The highest BCUT2D eigenvalue weighted by atomic mass is 35.5. The summed E-state index contributed by atoms with van der Waals surface area (Å²) in [4.78, 5) is 12.4. The van der Waals surface area contributed by atoms with E-state index in [1.165, 1.54) is 12.1 Å². The van der Waals surface area contributed by atoms with Crippen LogP contribution in [-0.4, -0.2) is 37.2 Å². The molecule has 2 N–H and O–H groups in total. The van der Waals surface area contributed by atoms with E-state index in [-0.39, 0.29) is 30.2 Å². The summed E-state index contributed by atoms with van der Waals surface area (Å²) < 4.78 is 14.7. The SMILES string of the molecule is CC(C)c1c(O)ccc(Cc2c(Cl)cc(N(C)CC=O)cc2Cl)c1F.CO. The number of carbonyl (C=O) groups excluding carboxylic acids is 1. The molecule has 148 valence electrons. The van der Waals surface area contributed by atoms with E-state index in [4.69, 9.17) is 28.3 Å². The molecule has 0 fully saturated rings. The largest absolute Gasteiger partial charge is 0.508 e. The minimum atomic E-state index is -0.440. The molecule has 0 aliphatic heterocycles. The Balaban J connectivity index is 0.00000176. The number of rotatable bonds is 6. The third-order valence-electron chi connectivity index (χ3n) is 4.10. The fraction of sp³-hybridized carbons (Fsp3) is 0.350. The van der Waals surface area contributed by atoms with Gasteiger partial charge in [-0.05, 0) is 35.2 Å². The van der Waals surface area contributed by atoms with Crippen LogP contribution in [0.15, 0.2) is 24.3 Å². The van der Waals surface area contributed by atoms with E-state index < -0.39 is 5.82 Å². The van der Waals surface area contributed by atoms with Crippen LogP contribution in [0.1, 0.15) is 36.5 Å². The van der Waals surface area contributed by atoms with Crippen molar-refractivity contribution in [1.29, 1.82) is 0 Å². The van der Waals surface area contributed by atoms with Crippen molar-refractivity contribution in [1.82, 2.24) is 0 Å². The van der Waals surface area contributed by atoms with Gasteiger partial charge in [-0.15, -0.1) is 0 Å². The molecule has 0 saturated heterocycles. The summed E-state index contributed by atoms with van der Waals surface area (Å²) in [6.45, 7) is 3.86.